The van der Waals surface area contributed by atoms with Gasteiger partial charge in [-0.1, -0.05) is 0 Å². The van der Waals surface area contributed by atoms with Crippen LogP contribution < -0.4 is 0 Å². The molecule has 0 aromatic heterocycles. The Hall–Kier alpha value is -0.650. The third-order valence-corrected chi connectivity index (χ3v) is 4.97. The highest BCUT2D eigenvalue weighted by molar-refractivity contribution is 5.82. The number of hydrogen-bond acceptors (Lipinski definition) is 4. The largest absolute Gasteiger partial charge is 0.381 e. The molecule has 3 aliphatic heterocycles. The molecule has 0 saturated carbocycles. The summed E-state index contributed by atoms with van der Waals surface area (Å²) in [6.07, 6.45) is 4.59. The van der Waals surface area contributed by atoms with E-state index < -0.39 is 0 Å². The highest BCUT2D eigenvalue weighted by Gasteiger charge is 2.39. The molecule has 3 fully saturated rings. The summed E-state index contributed by atoms with van der Waals surface area (Å²) >= 11 is 0. The van der Waals surface area contributed by atoms with Gasteiger partial charge in [-0.3, -0.25) is 9.69 Å². The SMILES string of the molecule is C[C@@H]1CN(C(=O)[C@H]2CCCN2C2CCOCC2)C[C@H](C)O1. The van der Waals surface area contributed by atoms with E-state index in [-0.39, 0.29) is 18.2 Å². The molecule has 5 nitrogen and oxygen atoms in total. The van der Waals surface area contributed by atoms with Gasteiger partial charge in [0.1, 0.15) is 0 Å². The van der Waals surface area contributed by atoms with Gasteiger partial charge in [-0.25, -0.2) is 0 Å². The second-order valence-corrected chi connectivity index (χ2v) is 6.74. The van der Waals surface area contributed by atoms with Crippen LogP contribution in [0.4, 0.5) is 0 Å². The normalized spacial score (nSPS) is 36.1. The van der Waals surface area contributed by atoms with Gasteiger partial charge in [0.25, 0.3) is 0 Å². The number of amides is 1. The van der Waals surface area contributed by atoms with Gasteiger partial charge in [-0.2, -0.15) is 0 Å². The lowest BCUT2D eigenvalue weighted by Crippen LogP contribution is -2.55. The van der Waals surface area contributed by atoms with Crippen LogP contribution in [-0.4, -0.2) is 72.8 Å². The van der Waals surface area contributed by atoms with Crippen LogP contribution in [0.3, 0.4) is 0 Å². The molecule has 3 rings (SSSR count). The Balaban J connectivity index is 1.65. The average Bonchev–Trinajstić information content (AvgIpc) is 2.95. The number of carbonyl (C=O) groups excluding carboxylic acids is 1. The number of ether oxygens (including phenoxy) is 2. The molecule has 3 saturated heterocycles. The van der Waals surface area contributed by atoms with Crippen molar-refractivity contribution in [3.05, 3.63) is 0 Å². The Kier molecular flexibility index (Phi) is 4.82. The molecule has 0 radical (unpaired) electrons. The lowest BCUT2D eigenvalue weighted by atomic mass is 10.0. The average molecular weight is 296 g/mol. The number of nitrogens with zero attached hydrogens (tertiary/aromatic N) is 2. The van der Waals surface area contributed by atoms with E-state index >= 15 is 0 Å². The van der Waals surface area contributed by atoms with Crippen LogP contribution in [0.25, 0.3) is 0 Å². The maximum absolute atomic E-state index is 12.9. The van der Waals surface area contributed by atoms with Gasteiger partial charge >= 0.3 is 0 Å². The first-order valence-corrected chi connectivity index (χ1v) is 8.43. The van der Waals surface area contributed by atoms with E-state index in [1.165, 1.54) is 0 Å². The fraction of sp³-hybridized carbons (Fsp3) is 0.938. The van der Waals surface area contributed by atoms with Crippen molar-refractivity contribution in [3.8, 4) is 0 Å². The predicted octanol–water partition coefficient (Wildman–Crippen LogP) is 1.27. The van der Waals surface area contributed by atoms with Crippen molar-refractivity contribution < 1.29 is 14.3 Å². The maximum atomic E-state index is 12.9. The number of morpholine rings is 1. The molecule has 0 aliphatic carbocycles. The Labute approximate surface area is 127 Å². The summed E-state index contributed by atoms with van der Waals surface area (Å²) in [6.45, 7) is 8.34. The quantitative estimate of drug-likeness (QED) is 0.769. The van der Waals surface area contributed by atoms with Gasteiger partial charge in [0.15, 0.2) is 0 Å². The molecule has 3 aliphatic rings. The molecule has 0 aromatic carbocycles. The summed E-state index contributed by atoms with van der Waals surface area (Å²) < 4.78 is 11.2. The fourth-order valence-electron chi connectivity index (χ4n) is 4.08. The molecule has 21 heavy (non-hydrogen) atoms. The van der Waals surface area contributed by atoms with E-state index in [1.54, 1.807) is 0 Å². The Morgan fingerprint density at radius 1 is 1.05 bits per heavy atom. The molecule has 120 valence electrons. The molecule has 1 amide bonds. The van der Waals surface area contributed by atoms with Crippen molar-refractivity contribution in [2.45, 2.75) is 63.8 Å². The first kappa shape index (κ1) is 15.3. The fourth-order valence-corrected chi connectivity index (χ4v) is 4.08. The van der Waals surface area contributed by atoms with Gasteiger partial charge < -0.3 is 14.4 Å². The Bertz CT molecular complexity index is 361. The Morgan fingerprint density at radius 3 is 2.38 bits per heavy atom. The zero-order chi connectivity index (χ0) is 14.8. The molecule has 0 aromatic rings. The topological polar surface area (TPSA) is 42.0 Å². The van der Waals surface area contributed by atoms with Gasteiger partial charge in [0.2, 0.25) is 5.91 Å². The molecular weight excluding hydrogens is 268 g/mol. The molecule has 0 N–H and O–H groups in total. The summed E-state index contributed by atoms with van der Waals surface area (Å²) in [4.78, 5) is 17.4. The summed E-state index contributed by atoms with van der Waals surface area (Å²) in [5.41, 5.74) is 0. The van der Waals surface area contributed by atoms with Gasteiger partial charge in [0, 0.05) is 32.3 Å². The lowest BCUT2D eigenvalue weighted by Gasteiger charge is -2.40. The summed E-state index contributed by atoms with van der Waals surface area (Å²) in [5.74, 6) is 0.320. The van der Waals surface area contributed by atoms with Crippen molar-refractivity contribution in [2.75, 3.05) is 32.8 Å². The van der Waals surface area contributed by atoms with E-state index in [2.05, 4.69) is 18.7 Å². The summed E-state index contributed by atoms with van der Waals surface area (Å²) in [7, 11) is 0. The van der Waals surface area contributed by atoms with Gasteiger partial charge in [0.05, 0.1) is 18.2 Å². The second-order valence-electron chi connectivity index (χ2n) is 6.74. The first-order chi connectivity index (χ1) is 10.1. The van der Waals surface area contributed by atoms with Crippen molar-refractivity contribution in [1.29, 1.82) is 0 Å². The molecule has 0 unspecified atom stereocenters. The minimum absolute atomic E-state index is 0.0885. The van der Waals surface area contributed by atoms with Crippen molar-refractivity contribution >= 4 is 5.91 Å². The maximum Gasteiger partial charge on any atom is 0.240 e. The van der Waals surface area contributed by atoms with Crippen LogP contribution in [0.1, 0.15) is 39.5 Å². The summed E-state index contributed by atoms with van der Waals surface area (Å²) in [5, 5.41) is 0. The zero-order valence-electron chi connectivity index (χ0n) is 13.3. The monoisotopic (exact) mass is 296 g/mol. The van der Waals surface area contributed by atoms with Gasteiger partial charge in [-0.05, 0) is 46.1 Å². The third kappa shape index (κ3) is 3.41. The van der Waals surface area contributed by atoms with Crippen LogP contribution in [0, 0.1) is 0 Å². The zero-order valence-corrected chi connectivity index (χ0v) is 13.3. The smallest absolute Gasteiger partial charge is 0.240 e. The lowest BCUT2D eigenvalue weighted by molar-refractivity contribution is -0.149. The van der Waals surface area contributed by atoms with Crippen molar-refractivity contribution in [2.24, 2.45) is 0 Å². The van der Waals surface area contributed by atoms with Gasteiger partial charge in [-0.15, -0.1) is 0 Å². The van der Waals surface area contributed by atoms with Crippen molar-refractivity contribution in [3.63, 3.8) is 0 Å². The first-order valence-electron chi connectivity index (χ1n) is 8.43. The predicted molar refractivity (Wildman–Crippen MR) is 80.2 cm³/mol. The number of rotatable bonds is 2. The van der Waals surface area contributed by atoms with Crippen LogP contribution in [0.5, 0.6) is 0 Å². The third-order valence-electron chi connectivity index (χ3n) is 4.97. The van der Waals surface area contributed by atoms with Crippen LogP contribution in [0.2, 0.25) is 0 Å². The number of carbonyl (C=O) groups is 1. The van der Waals surface area contributed by atoms with E-state index in [1.807, 2.05) is 4.90 Å². The van der Waals surface area contributed by atoms with Crippen molar-refractivity contribution in [1.82, 2.24) is 9.80 Å². The minimum Gasteiger partial charge on any atom is -0.381 e. The van der Waals surface area contributed by atoms with E-state index in [0.717, 1.165) is 58.5 Å². The van der Waals surface area contributed by atoms with Crippen LogP contribution in [0.15, 0.2) is 0 Å². The van der Waals surface area contributed by atoms with E-state index in [4.69, 9.17) is 9.47 Å². The number of hydrogen-bond donors (Lipinski definition) is 0. The number of likely N-dealkylation sites (tertiary alicyclic amines) is 1. The minimum atomic E-state index is 0.0885. The molecule has 3 atom stereocenters. The molecule has 3 heterocycles. The standard InChI is InChI=1S/C16H28N2O3/c1-12-10-17(11-13(2)21-12)16(19)15-4-3-7-18(15)14-5-8-20-9-6-14/h12-15H,3-11H2,1-2H3/t12-,13+,15-/m1/s1. The molecule has 0 spiro atoms. The highest BCUT2D eigenvalue weighted by Crippen LogP contribution is 2.27. The van der Waals surface area contributed by atoms with Crippen LogP contribution >= 0.6 is 0 Å². The van der Waals surface area contributed by atoms with Crippen LogP contribution in [-0.2, 0) is 14.3 Å². The molecule has 0 bridgehead atoms. The summed E-state index contributed by atoms with van der Waals surface area (Å²) in [6, 6.07) is 0.622. The highest BCUT2D eigenvalue weighted by atomic mass is 16.5. The second kappa shape index (κ2) is 6.63. The Morgan fingerprint density at radius 2 is 1.71 bits per heavy atom. The molecular formula is C16H28N2O3. The van der Waals surface area contributed by atoms with E-state index in [0.29, 0.717) is 11.9 Å². The molecule has 5 heteroatoms. The van der Waals surface area contributed by atoms with E-state index in [9.17, 15) is 4.79 Å².